The number of amides is 1. The van der Waals surface area contributed by atoms with Crippen molar-refractivity contribution in [2.24, 2.45) is 5.92 Å². The second kappa shape index (κ2) is 5.32. The molecule has 4 heteroatoms. The highest BCUT2D eigenvalue weighted by Crippen LogP contribution is 2.27. The average Bonchev–Trinajstić information content (AvgIpc) is 2.11. The number of carbonyl (C=O) groups is 1. The van der Waals surface area contributed by atoms with Crippen molar-refractivity contribution in [2.45, 2.75) is 31.8 Å². The second-order valence-electron chi connectivity index (χ2n) is 4.09. The van der Waals surface area contributed by atoms with E-state index in [0.717, 1.165) is 19.4 Å². The van der Waals surface area contributed by atoms with Gasteiger partial charge in [0.15, 0.2) is 0 Å². The highest BCUT2D eigenvalue weighted by atomic mass is 16.3. The first kappa shape index (κ1) is 11.5. The Hall–Kier alpha value is -0.610. The first-order chi connectivity index (χ1) is 6.63. The number of rotatable bonds is 5. The third-order valence-corrected chi connectivity index (χ3v) is 2.72. The molecule has 1 aliphatic rings. The third-order valence-electron chi connectivity index (χ3n) is 2.72. The van der Waals surface area contributed by atoms with E-state index in [2.05, 4.69) is 0 Å². The molecule has 1 fully saturated rings. The number of hydrogen-bond acceptors (Lipinski definition) is 3. The molecular formula is C10H19NO3. The van der Waals surface area contributed by atoms with Gasteiger partial charge in [-0.05, 0) is 25.2 Å². The molecule has 1 saturated carbocycles. The van der Waals surface area contributed by atoms with E-state index in [0.29, 0.717) is 18.8 Å². The Balaban J connectivity index is 2.14. The van der Waals surface area contributed by atoms with Gasteiger partial charge in [-0.2, -0.15) is 0 Å². The molecule has 0 saturated heterocycles. The summed E-state index contributed by atoms with van der Waals surface area (Å²) >= 11 is 0. The lowest BCUT2D eigenvalue weighted by Crippen LogP contribution is -2.39. The molecule has 1 aliphatic carbocycles. The molecule has 0 heterocycles. The van der Waals surface area contributed by atoms with Gasteiger partial charge in [-0.15, -0.1) is 0 Å². The smallest absolute Gasteiger partial charge is 0.222 e. The van der Waals surface area contributed by atoms with Crippen molar-refractivity contribution in [1.82, 2.24) is 4.90 Å². The van der Waals surface area contributed by atoms with Gasteiger partial charge in [-0.25, -0.2) is 0 Å². The Kier molecular flexibility index (Phi) is 4.35. The Morgan fingerprint density at radius 3 is 2.64 bits per heavy atom. The van der Waals surface area contributed by atoms with Gasteiger partial charge in [0, 0.05) is 26.6 Å². The fourth-order valence-corrected chi connectivity index (χ4v) is 1.76. The van der Waals surface area contributed by atoms with E-state index in [1.54, 1.807) is 11.9 Å². The van der Waals surface area contributed by atoms with Crippen LogP contribution < -0.4 is 0 Å². The fraction of sp³-hybridized carbons (Fsp3) is 0.900. The molecule has 1 rings (SSSR count). The summed E-state index contributed by atoms with van der Waals surface area (Å²) in [6, 6.07) is 0. The zero-order chi connectivity index (χ0) is 10.6. The van der Waals surface area contributed by atoms with Crippen LogP contribution in [0.2, 0.25) is 0 Å². The van der Waals surface area contributed by atoms with Gasteiger partial charge in [-0.1, -0.05) is 0 Å². The predicted octanol–water partition coefficient (Wildman–Crippen LogP) is -0.0118. The number of carbonyl (C=O) groups excluding carboxylic acids is 1. The monoisotopic (exact) mass is 201 g/mol. The van der Waals surface area contributed by atoms with E-state index in [1.165, 1.54) is 0 Å². The zero-order valence-electron chi connectivity index (χ0n) is 8.65. The maximum absolute atomic E-state index is 11.4. The van der Waals surface area contributed by atoms with Crippen LogP contribution in [-0.2, 0) is 4.79 Å². The Morgan fingerprint density at radius 2 is 2.14 bits per heavy atom. The number of nitrogens with zero attached hydrogens (tertiary/aromatic N) is 1. The quantitative estimate of drug-likeness (QED) is 0.657. The first-order valence-electron chi connectivity index (χ1n) is 5.16. The molecule has 82 valence electrons. The van der Waals surface area contributed by atoms with Crippen molar-refractivity contribution in [3.05, 3.63) is 0 Å². The summed E-state index contributed by atoms with van der Waals surface area (Å²) in [6.07, 6.45) is 2.44. The minimum atomic E-state index is -0.152. The van der Waals surface area contributed by atoms with E-state index < -0.39 is 0 Å². The molecular weight excluding hydrogens is 182 g/mol. The summed E-state index contributed by atoms with van der Waals surface area (Å²) in [5.74, 6) is 0.550. The Labute approximate surface area is 84.5 Å². The first-order valence-corrected chi connectivity index (χ1v) is 5.16. The Bertz CT molecular complexity index is 190. The lowest BCUT2D eigenvalue weighted by Gasteiger charge is -2.34. The molecule has 0 aromatic carbocycles. The van der Waals surface area contributed by atoms with Crippen molar-refractivity contribution >= 4 is 5.91 Å². The fourth-order valence-electron chi connectivity index (χ4n) is 1.76. The van der Waals surface area contributed by atoms with Gasteiger partial charge in [0.25, 0.3) is 0 Å². The van der Waals surface area contributed by atoms with Crippen LogP contribution in [0.5, 0.6) is 0 Å². The lowest BCUT2D eigenvalue weighted by molar-refractivity contribution is -0.131. The number of aliphatic hydroxyl groups excluding tert-OH is 2. The van der Waals surface area contributed by atoms with Crippen LogP contribution in [0.3, 0.4) is 0 Å². The molecule has 0 unspecified atom stereocenters. The average molecular weight is 201 g/mol. The zero-order valence-corrected chi connectivity index (χ0v) is 8.65. The molecule has 0 atom stereocenters. The SMILES string of the molecule is CN(CC1CC(O)C1)C(=O)CCCO. The standard InChI is InChI=1S/C10H19NO3/c1-11(10(14)3-2-4-12)7-8-5-9(13)6-8/h8-9,12-13H,2-7H2,1H3. The van der Waals surface area contributed by atoms with Gasteiger partial charge in [-0.3, -0.25) is 4.79 Å². The molecule has 0 aliphatic heterocycles. The van der Waals surface area contributed by atoms with Crippen LogP contribution in [0.25, 0.3) is 0 Å². The maximum Gasteiger partial charge on any atom is 0.222 e. The van der Waals surface area contributed by atoms with Crippen molar-refractivity contribution in [2.75, 3.05) is 20.2 Å². The van der Waals surface area contributed by atoms with E-state index >= 15 is 0 Å². The van der Waals surface area contributed by atoms with Gasteiger partial charge in [0.1, 0.15) is 0 Å². The van der Waals surface area contributed by atoms with Crippen LogP contribution >= 0.6 is 0 Å². The number of hydrogen-bond donors (Lipinski definition) is 2. The topological polar surface area (TPSA) is 60.8 Å². The summed E-state index contributed by atoms with van der Waals surface area (Å²) < 4.78 is 0. The van der Waals surface area contributed by atoms with Crippen molar-refractivity contribution in [3.63, 3.8) is 0 Å². The van der Waals surface area contributed by atoms with Crippen LogP contribution in [0.15, 0.2) is 0 Å². The predicted molar refractivity (Wildman–Crippen MR) is 52.7 cm³/mol. The summed E-state index contributed by atoms with van der Waals surface area (Å²) in [7, 11) is 1.78. The molecule has 0 radical (unpaired) electrons. The van der Waals surface area contributed by atoms with Crippen LogP contribution in [-0.4, -0.2) is 47.3 Å². The second-order valence-corrected chi connectivity index (χ2v) is 4.09. The van der Waals surface area contributed by atoms with E-state index in [4.69, 9.17) is 10.2 Å². The van der Waals surface area contributed by atoms with Crippen LogP contribution in [0, 0.1) is 5.92 Å². The van der Waals surface area contributed by atoms with Gasteiger partial charge >= 0.3 is 0 Å². The summed E-state index contributed by atoms with van der Waals surface area (Å²) in [6.45, 7) is 0.809. The molecule has 1 amide bonds. The van der Waals surface area contributed by atoms with Crippen LogP contribution in [0.1, 0.15) is 25.7 Å². The molecule has 14 heavy (non-hydrogen) atoms. The molecule has 0 aromatic heterocycles. The van der Waals surface area contributed by atoms with E-state index in [9.17, 15) is 4.79 Å². The van der Waals surface area contributed by atoms with Crippen molar-refractivity contribution < 1.29 is 15.0 Å². The minimum Gasteiger partial charge on any atom is -0.396 e. The summed E-state index contributed by atoms with van der Waals surface area (Å²) in [5.41, 5.74) is 0. The summed E-state index contributed by atoms with van der Waals surface area (Å²) in [5, 5.41) is 17.6. The van der Waals surface area contributed by atoms with E-state index in [-0.39, 0.29) is 18.6 Å². The summed E-state index contributed by atoms with van der Waals surface area (Å²) in [4.78, 5) is 13.1. The van der Waals surface area contributed by atoms with Crippen molar-refractivity contribution in [3.8, 4) is 0 Å². The third kappa shape index (κ3) is 3.27. The van der Waals surface area contributed by atoms with Gasteiger partial charge in [0.05, 0.1) is 6.10 Å². The molecule has 0 aromatic rings. The van der Waals surface area contributed by atoms with E-state index in [1.807, 2.05) is 0 Å². The Morgan fingerprint density at radius 1 is 1.50 bits per heavy atom. The molecule has 2 N–H and O–H groups in total. The molecule has 4 nitrogen and oxygen atoms in total. The van der Waals surface area contributed by atoms with Crippen molar-refractivity contribution in [1.29, 1.82) is 0 Å². The largest absolute Gasteiger partial charge is 0.396 e. The maximum atomic E-state index is 11.4. The van der Waals surface area contributed by atoms with Gasteiger partial charge in [0.2, 0.25) is 5.91 Å². The van der Waals surface area contributed by atoms with Gasteiger partial charge < -0.3 is 15.1 Å². The van der Waals surface area contributed by atoms with Crippen LogP contribution in [0.4, 0.5) is 0 Å². The highest BCUT2D eigenvalue weighted by Gasteiger charge is 2.28. The highest BCUT2D eigenvalue weighted by molar-refractivity contribution is 5.75. The number of aliphatic hydroxyl groups is 2. The molecule has 0 bridgehead atoms. The lowest BCUT2D eigenvalue weighted by atomic mass is 9.82. The minimum absolute atomic E-state index is 0.0712. The molecule has 0 spiro atoms. The normalized spacial score (nSPS) is 25.6.